The van der Waals surface area contributed by atoms with Gasteiger partial charge in [-0.3, -0.25) is 9.11 Å². The molecular weight excluding hydrogens is 360 g/mol. The molecule has 0 aliphatic heterocycles. The first-order valence-electron chi connectivity index (χ1n) is 5.49. The van der Waals surface area contributed by atoms with Crippen LogP contribution in [0.2, 0.25) is 0 Å². The first kappa shape index (κ1) is 17.0. The third-order valence-corrected chi connectivity index (χ3v) is 3.14. The fourth-order valence-electron chi connectivity index (χ4n) is 1.69. The van der Waals surface area contributed by atoms with Gasteiger partial charge in [0.2, 0.25) is 11.5 Å². The molecule has 13 heteroatoms. The summed E-state index contributed by atoms with van der Waals surface area (Å²) in [6.07, 6.45) is 0. The highest BCUT2D eigenvalue weighted by molar-refractivity contribution is 7.81. The van der Waals surface area contributed by atoms with Gasteiger partial charge in [-0.2, -0.15) is 16.8 Å². The van der Waals surface area contributed by atoms with Crippen molar-refractivity contribution in [3.63, 3.8) is 0 Å². The van der Waals surface area contributed by atoms with Crippen LogP contribution in [-0.4, -0.2) is 33.1 Å². The zero-order chi connectivity index (χ0) is 17.4. The number of hydrogen-bond acceptors (Lipinski definition) is 9. The smallest absolute Gasteiger partial charge is 0.446 e. The van der Waals surface area contributed by atoms with E-state index in [-0.39, 0.29) is 5.39 Å². The van der Waals surface area contributed by atoms with E-state index in [0.29, 0.717) is 0 Å². The molecule has 0 saturated heterocycles. The SMILES string of the molecule is COc1c(OS(=O)(=O)O)cc2ccc(=O)oc2c1OS(=O)(=O)O. The Balaban J connectivity index is 2.89. The van der Waals surface area contributed by atoms with Gasteiger partial charge in [0.1, 0.15) is 0 Å². The molecule has 23 heavy (non-hydrogen) atoms. The van der Waals surface area contributed by atoms with Gasteiger partial charge in [-0.1, -0.05) is 0 Å². The Kier molecular flexibility index (Phi) is 4.21. The Morgan fingerprint density at radius 3 is 2.13 bits per heavy atom. The summed E-state index contributed by atoms with van der Waals surface area (Å²) in [4.78, 5) is 11.3. The van der Waals surface area contributed by atoms with Crippen molar-refractivity contribution in [1.29, 1.82) is 0 Å². The summed E-state index contributed by atoms with van der Waals surface area (Å²) in [6.45, 7) is 0. The van der Waals surface area contributed by atoms with Crippen molar-refractivity contribution in [2.24, 2.45) is 0 Å². The molecule has 1 heterocycles. The molecule has 126 valence electrons. The first-order valence-corrected chi connectivity index (χ1v) is 8.22. The summed E-state index contributed by atoms with van der Waals surface area (Å²) >= 11 is 0. The second kappa shape index (κ2) is 5.69. The van der Waals surface area contributed by atoms with Crippen LogP contribution in [0.1, 0.15) is 0 Å². The summed E-state index contributed by atoms with van der Waals surface area (Å²) in [5, 5.41) is -0.0392. The lowest BCUT2D eigenvalue weighted by molar-refractivity contribution is 0.340. The van der Waals surface area contributed by atoms with Crippen LogP contribution in [0.4, 0.5) is 0 Å². The molecule has 0 radical (unpaired) electrons. The van der Waals surface area contributed by atoms with Gasteiger partial charge < -0.3 is 17.5 Å². The molecule has 0 fully saturated rings. The van der Waals surface area contributed by atoms with Gasteiger partial charge in [-0.05, 0) is 12.1 Å². The second-order valence-corrected chi connectivity index (χ2v) is 5.98. The van der Waals surface area contributed by atoms with Gasteiger partial charge in [0.05, 0.1) is 7.11 Å². The molecule has 0 aliphatic carbocycles. The van der Waals surface area contributed by atoms with Gasteiger partial charge in [0.15, 0.2) is 11.3 Å². The van der Waals surface area contributed by atoms with Crippen molar-refractivity contribution in [2.75, 3.05) is 7.11 Å². The van der Waals surface area contributed by atoms with Crippen molar-refractivity contribution in [2.45, 2.75) is 0 Å². The molecule has 11 nitrogen and oxygen atoms in total. The standard InChI is InChI=1S/C10H8O11S2/c1-18-9-6(20-22(12,13)14)4-5-2-3-7(11)19-8(5)10(9)21-23(15,16)17/h2-4H,1H3,(H,12,13,14)(H,15,16,17). The van der Waals surface area contributed by atoms with E-state index in [1.807, 2.05) is 0 Å². The van der Waals surface area contributed by atoms with E-state index >= 15 is 0 Å². The van der Waals surface area contributed by atoms with E-state index < -0.39 is 49.3 Å². The number of ether oxygens (including phenoxy) is 1. The monoisotopic (exact) mass is 368 g/mol. The molecule has 0 spiro atoms. The summed E-state index contributed by atoms with van der Waals surface area (Å²) < 4.78 is 79.2. The summed E-state index contributed by atoms with van der Waals surface area (Å²) in [5.41, 5.74) is -1.35. The fourth-order valence-corrected chi connectivity index (χ4v) is 2.40. The van der Waals surface area contributed by atoms with E-state index in [0.717, 1.165) is 25.3 Å². The Morgan fingerprint density at radius 1 is 1.00 bits per heavy atom. The Labute approximate surface area is 128 Å². The van der Waals surface area contributed by atoms with Crippen LogP contribution in [0.25, 0.3) is 11.0 Å². The number of hydrogen-bond donors (Lipinski definition) is 2. The maximum absolute atomic E-state index is 11.3. The first-order chi connectivity index (χ1) is 10.5. The quantitative estimate of drug-likeness (QED) is 0.545. The highest BCUT2D eigenvalue weighted by Gasteiger charge is 2.25. The van der Waals surface area contributed by atoms with Crippen LogP contribution >= 0.6 is 0 Å². The summed E-state index contributed by atoms with van der Waals surface area (Å²) in [6, 6.07) is 3.05. The lowest BCUT2D eigenvalue weighted by Crippen LogP contribution is -2.11. The summed E-state index contributed by atoms with van der Waals surface area (Å²) in [7, 11) is -9.09. The topological polar surface area (TPSA) is 167 Å². The third kappa shape index (κ3) is 4.10. The minimum atomic E-state index is -5.08. The molecule has 2 N–H and O–H groups in total. The Hall–Kier alpha value is -2.35. The van der Waals surface area contributed by atoms with Crippen LogP contribution in [0, 0.1) is 0 Å². The van der Waals surface area contributed by atoms with Gasteiger partial charge in [-0.15, -0.1) is 0 Å². The van der Waals surface area contributed by atoms with Crippen molar-refractivity contribution in [3.8, 4) is 17.2 Å². The van der Waals surface area contributed by atoms with Crippen molar-refractivity contribution in [1.82, 2.24) is 0 Å². The van der Waals surface area contributed by atoms with Crippen molar-refractivity contribution >= 4 is 31.8 Å². The lowest BCUT2D eigenvalue weighted by atomic mass is 10.2. The van der Waals surface area contributed by atoms with E-state index in [1.165, 1.54) is 0 Å². The largest absolute Gasteiger partial charge is 0.490 e. The average Bonchev–Trinajstić information content (AvgIpc) is 2.36. The highest BCUT2D eigenvalue weighted by Crippen LogP contribution is 2.44. The maximum Gasteiger partial charge on any atom is 0.446 e. The average molecular weight is 368 g/mol. The Bertz CT molecular complexity index is 1020. The Morgan fingerprint density at radius 2 is 1.61 bits per heavy atom. The molecule has 1 aromatic carbocycles. The van der Waals surface area contributed by atoms with Crippen LogP contribution in [0.15, 0.2) is 27.4 Å². The second-order valence-electron chi connectivity index (χ2n) is 3.93. The predicted molar refractivity (Wildman–Crippen MR) is 73.4 cm³/mol. The highest BCUT2D eigenvalue weighted by atomic mass is 32.3. The van der Waals surface area contributed by atoms with Gasteiger partial charge in [-0.25, -0.2) is 4.79 Å². The third-order valence-electron chi connectivity index (χ3n) is 2.37. The number of fused-ring (bicyclic) bond motifs is 1. The zero-order valence-corrected chi connectivity index (χ0v) is 12.8. The van der Waals surface area contributed by atoms with Crippen LogP contribution in [-0.2, 0) is 20.8 Å². The van der Waals surface area contributed by atoms with Crippen molar-refractivity contribution in [3.05, 3.63) is 28.6 Å². The lowest BCUT2D eigenvalue weighted by Gasteiger charge is -2.13. The number of benzene rings is 1. The summed E-state index contributed by atoms with van der Waals surface area (Å²) in [5.74, 6) is -2.18. The minimum absolute atomic E-state index is 0.0392. The van der Waals surface area contributed by atoms with Gasteiger partial charge in [0, 0.05) is 11.5 Å². The minimum Gasteiger partial charge on any atom is -0.490 e. The van der Waals surface area contributed by atoms with Crippen LogP contribution in [0.3, 0.4) is 0 Å². The maximum atomic E-state index is 11.3. The molecule has 0 unspecified atom stereocenters. The van der Waals surface area contributed by atoms with E-state index in [4.69, 9.17) is 18.3 Å². The van der Waals surface area contributed by atoms with E-state index in [2.05, 4.69) is 8.37 Å². The normalized spacial score (nSPS) is 12.1. The van der Waals surface area contributed by atoms with Crippen LogP contribution in [0.5, 0.6) is 17.2 Å². The molecule has 0 bridgehead atoms. The molecule has 2 rings (SSSR count). The zero-order valence-electron chi connectivity index (χ0n) is 11.1. The molecule has 1 aromatic heterocycles. The van der Waals surface area contributed by atoms with Crippen LogP contribution < -0.4 is 18.7 Å². The van der Waals surface area contributed by atoms with E-state index in [9.17, 15) is 21.6 Å². The predicted octanol–water partition coefficient (Wildman–Crippen LogP) is 0.165. The molecular formula is C10H8O11S2. The van der Waals surface area contributed by atoms with E-state index in [1.54, 1.807) is 0 Å². The molecule has 0 aliphatic rings. The molecule has 0 atom stereocenters. The number of methoxy groups -OCH3 is 1. The fraction of sp³-hybridized carbons (Fsp3) is 0.100. The molecule has 0 saturated carbocycles. The molecule has 2 aromatic rings. The molecule has 0 amide bonds. The van der Waals surface area contributed by atoms with Gasteiger partial charge >= 0.3 is 26.4 Å². The number of rotatable bonds is 5. The van der Waals surface area contributed by atoms with Gasteiger partial charge in [0.25, 0.3) is 0 Å². The van der Waals surface area contributed by atoms with Crippen molar-refractivity contribution < 1.29 is 43.5 Å².